The monoisotopic (exact) mass is 541 g/mol. The van der Waals surface area contributed by atoms with E-state index in [-0.39, 0.29) is 5.91 Å². The zero-order valence-electron chi connectivity index (χ0n) is 21.5. The van der Waals surface area contributed by atoms with Crippen molar-refractivity contribution in [3.05, 3.63) is 17.4 Å². The van der Waals surface area contributed by atoms with Crippen LogP contribution in [-0.4, -0.2) is 47.4 Å². The summed E-state index contributed by atoms with van der Waals surface area (Å²) >= 11 is -3.08. The van der Waals surface area contributed by atoms with Crippen LogP contribution in [0.15, 0.2) is 17.4 Å². The van der Waals surface area contributed by atoms with Crippen molar-refractivity contribution in [3.63, 3.8) is 0 Å². The molecule has 0 N–H and O–H groups in total. The summed E-state index contributed by atoms with van der Waals surface area (Å²) in [5, 5.41) is 0. The zero-order chi connectivity index (χ0) is 23.7. The Labute approximate surface area is 195 Å². The number of likely N-dealkylation sites (tertiary alicyclic amines) is 1. The average molecular weight is 540 g/mol. The van der Waals surface area contributed by atoms with Gasteiger partial charge in [0.2, 0.25) is 0 Å². The molecule has 0 aromatic carbocycles. The summed E-state index contributed by atoms with van der Waals surface area (Å²) in [4.78, 5) is 28.5. The molecule has 1 aliphatic rings. The predicted molar refractivity (Wildman–Crippen MR) is 133 cm³/mol. The molecule has 1 saturated heterocycles. The van der Waals surface area contributed by atoms with Crippen molar-refractivity contribution in [1.82, 2.24) is 4.90 Å². The number of carbonyl (C=O) groups excluding carboxylic acids is 2. The van der Waals surface area contributed by atoms with Gasteiger partial charge in [0.15, 0.2) is 0 Å². The molecular weight excluding hydrogens is 493 g/mol. The van der Waals surface area contributed by atoms with Crippen LogP contribution < -0.4 is 0 Å². The first-order valence-corrected chi connectivity index (χ1v) is 20.0. The average Bonchev–Trinajstić information content (AvgIpc) is 2.97. The molecule has 1 heterocycles. The van der Waals surface area contributed by atoms with Crippen molar-refractivity contribution in [2.75, 3.05) is 6.54 Å². The van der Waals surface area contributed by atoms with Crippen molar-refractivity contribution in [3.8, 4) is 0 Å². The molecule has 0 bridgehead atoms. The molecule has 0 saturated carbocycles. The van der Waals surface area contributed by atoms with Gasteiger partial charge >= 0.3 is 196 Å². The number of nitrogens with zero attached hydrogens (tertiary/aromatic N) is 1. The SMILES string of the molecule is CCC=C=C1CN(C(=O)OC(C)(C)C)C(=O)[C]1(C)[Sn]([CH2]CCC)([CH2]CCC)[CH2]CCC. The second-order valence-electron chi connectivity index (χ2n) is 10.3. The van der Waals surface area contributed by atoms with E-state index in [2.05, 4.69) is 40.3 Å². The number of hydrogen-bond donors (Lipinski definition) is 0. The molecule has 1 aliphatic heterocycles. The van der Waals surface area contributed by atoms with Crippen LogP contribution in [0.1, 0.15) is 100 Å². The Balaban J connectivity index is 3.61. The number of hydrogen-bond acceptors (Lipinski definition) is 3. The summed E-state index contributed by atoms with van der Waals surface area (Å²) < 4.78 is 8.76. The number of rotatable bonds is 11. The van der Waals surface area contributed by atoms with E-state index in [1.54, 1.807) is 0 Å². The minimum absolute atomic E-state index is 0.00661. The Bertz CT molecular complexity index is 651. The van der Waals surface area contributed by atoms with Crippen molar-refractivity contribution in [2.24, 2.45) is 0 Å². The molecule has 1 unspecified atom stereocenters. The number of amides is 2. The van der Waals surface area contributed by atoms with Crippen molar-refractivity contribution < 1.29 is 14.3 Å². The molecule has 0 aliphatic carbocycles. The van der Waals surface area contributed by atoms with E-state index in [0.717, 1.165) is 31.3 Å². The third kappa shape index (κ3) is 6.87. The Morgan fingerprint density at radius 2 is 1.55 bits per heavy atom. The van der Waals surface area contributed by atoms with Crippen LogP contribution in [0.3, 0.4) is 0 Å². The summed E-state index contributed by atoms with van der Waals surface area (Å²) in [5.41, 5.74) is 3.94. The van der Waals surface area contributed by atoms with Gasteiger partial charge in [0.1, 0.15) is 0 Å². The summed E-state index contributed by atoms with van der Waals surface area (Å²) in [6.45, 7) is 16.9. The number of imide groups is 1. The first-order valence-electron chi connectivity index (χ1n) is 12.5. The summed E-state index contributed by atoms with van der Waals surface area (Å²) in [6.07, 6.45) is 9.43. The van der Waals surface area contributed by atoms with E-state index in [9.17, 15) is 9.59 Å². The number of ether oxygens (including phenoxy) is 1. The molecule has 1 fully saturated rings. The molecule has 5 heteroatoms. The molecule has 0 spiro atoms. The molecule has 0 aromatic rings. The van der Waals surface area contributed by atoms with Crippen LogP contribution in [0.25, 0.3) is 0 Å². The van der Waals surface area contributed by atoms with Crippen LogP contribution in [0, 0.1) is 0 Å². The van der Waals surface area contributed by atoms with Crippen LogP contribution >= 0.6 is 0 Å². The fourth-order valence-electron chi connectivity index (χ4n) is 4.88. The molecule has 2 amide bonds. The molecule has 31 heavy (non-hydrogen) atoms. The molecular formula is C26H47NO3Sn. The summed E-state index contributed by atoms with van der Waals surface area (Å²) in [7, 11) is 0. The maximum atomic E-state index is 14.1. The van der Waals surface area contributed by atoms with Gasteiger partial charge in [-0.3, -0.25) is 0 Å². The normalized spacial score (nSPS) is 19.5. The van der Waals surface area contributed by atoms with Gasteiger partial charge in [0.25, 0.3) is 0 Å². The Morgan fingerprint density at radius 1 is 1.06 bits per heavy atom. The summed E-state index contributed by atoms with van der Waals surface area (Å²) in [5.74, 6) is -0.00661. The standard InChI is InChI=1S/C14H20NO3.3C4H9.Sn/c1-6-7-8-11-9-15(12(16)10(11)2)13(17)18-14(3,4)5;3*1-3-4-2;/h7H,6,9H2,1-5H3;3*1,3-4H2,2H3;. The fraction of sp³-hybridized carbons (Fsp3) is 0.808. The van der Waals surface area contributed by atoms with Gasteiger partial charge < -0.3 is 0 Å². The van der Waals surface area contributed by atoms with E-state index < -0.39 is 33.5 Å². The third-order valence-corrected chi connectivity index (χ3v) is 25.5. The van der Waals surface area contributed by atoms with E-state index in [0.29, 0.717) is 6.54 Å². The number of carbonyl (C=O) groups is 2. The third-order valence-electron chi connectivity index (χ3n) is 6.77. The first-order chi connectivity index (χ1) is 14.5. The quantitative estimate of drug-likeness (QED) is 0.198. The van der Waals surface area contributed by atoms with Crippen molar-refractivity contribution in [1.29, 1.82) is 0 Å². The topological polar surface area (TPSA) is 46.6 Å². The van der Waals surface area contributed by atoms with Gasteiger partial charge in [-0.05, 0) is 0 Å². The molecule has 1 atom stereocenters. The van der Waals surface area contributed by atoms with Gasteiger partial charge in [-0.2, -0.15) is 0 Å². The number of unbranched alkanes of at least 4 members (excludes halogenated alkanes) is 3. The van der Waals surface area contributed by atoms with E-state index >= 15 is 0 Å². The molecule has 4 nitrogen and oxygen atoms in total. The fourth-order valence-corrected chi connectivity index (χ4v) is 24.1. The van der Waals surface area contributed by atoms with Gasteiger partial charge in [-0.15, -0.1) is 0 Å². The van der Waals surface area contributed by atoms with Crippen LogP contribution in [0.4, 0.5) is 4.79 Å². The van der Waals surface area contributed by atoms with Crippen molar-refractivity contribution >= 4 is 30.4 Å². The Morgan fingerprint density at radius 3 is 1.94 bits per heavy atom. The predicted octanol–water partition coefficient (Wildman–Crippen LogP) is 7.86. The zero-order valence-corrected chi connectivity index (χ0v) is 24.4. The molecule has 178 valence electrons. The van der Waals surface area contributed by atoms with Crippen LogP contribution in [-0.2, 0) is 9.53 Å². The Kier molecular flexibility index (Phi) is 11.4. The Hall–Kier alpha value is -0.741. The van der Waals surface area contributed by atoms with Gasteiger partial charge in [-0.25, -0.2) is 0 Å². The van der Waals surface area contributed by atoms with E-state index in [1.807, 2.05) is 26.8 Å². The molecule has 0 aromatic heterocycles. The molecule has 0 radical (unpaired) electrons. The summed E-state index contributed by atoms with van der Waals surface area (Å²) in [6, 6.07) is 0. The maximum absolute atomic E-state index is 14.1. The van der Waals surface area contributed by atoms with Gasteiger partial charge in [0, 0.05) is 0 Å². The first kappa shape index (κ1) is 28.3. The van der Waals surface area contributed by atoms with Crippen molar-refractivity contribution in [2.45, 2.75) is 123 Å². The van der Waals surface area contributed by atoms with Gasteiger partial charge in [0.05, 0.1) is 0 Å². The second kappa shape index (κ2) is 12.5. The minimum atomic E-state index is -3.08. The second-order valence-corrected chi connectivity index (χ2v) is 24.8. The van der Waals surface area contributed by atoms with Crippen LogP contribution in [0.5, 0.6) is 0 Å². The van der Waals surface area contributed by atoms with E-state index in [4.69, 9.17) is 4.74 Å². The van der Waals surface area contributed by atoms with Crippen LogP contribution in [0.2, 0.25) is 16.7 Å². The van der Waals surface area contributed by atoms with Gasteiger partial charge in [-0.1, -0.05) is 0 Å². The molecule has 1 rings (SSSR count). The van der Waals surface area contributed by atoms with E-state index in [1.165, 1.54) is 37.5 Å².